The third-order valence-electron chi connectivity index (χ3n) is 2.35. The summed E-state index contributed by atoms with van der Waals surface area (Å²) in [7, 11) is 0. The lowest BCUT2D eigenvalue weighted by Crippen LogP contribution is -2.09. The van der Waals surface area contributed by atoms with Crippen LogP contribution < -0.4 is 14.8 Å². The topological polar surface area (TPSA) is 47.6 Å². The molecule has 0 spiro atoms. The van der Waals surface area contributed by atoms with Gasteiger partial charge in [0.05, 0.1) is 5.70 Å². The summed E-state index contributed by atoms with van der Waals surface area (Å²) in [6, 6.07) is 5.51. The zero-order valence-corrected chi connectivity index (χ0v) is 10.2. The van der Waals surface area contributed by atoms with Crippen molar-refractivity contribution in [3.8, 4) is 11.5 Å². The maximum atomic E-state index is 11.5. The molecule has 0 unspecified atom stereocenters. The predicted octanol–water partition coefficient (Wildman–Crippen LogP) is 1.90. The number of carbonyl (C=O) groups is 1. The van der Waals surface area contributed by atoms with E-state index in [4.69, 9.17) is 21.7 Å². The number of fused-ring (bicyclic) bond motifs is 1. The van der Waals surface area contributed by atoms with E-state index in [1.165, 1.54) is 0 Å². The molecule has 0 saturated carbocycles. The highest BCUT2D eigenvalue weighted by atomic mass is 32.2. The van der Waals surface area contributed by atoms with Crippen LogP contribution >= 0.6 is 24.0 Å². The molecule has 2 aliphatic rings. The normalized spacial score (nSPS) is 19.9. The maximum absolute atomic E-state index is 11.5. The lowest BCUT2D eigenvalue weighted by atomic mass is 10.1. The number of hydrogen-bond acceptors (Lipinski definition) is 5. The first kappa shape index (κ1) is 10.6. The van der Waals surface area contributed by atoms with E-state index >= 15 is 0 Å². The number of benzene rings is 1. The van der Waals surface area contributed by atoms with Gasteiger partial charge in [-0.25, -0.2) is 0 Å². The van der Waals surface area contributed by atoms with Gasteiger partial charge in [-0.2, -0.15) is 0 Å². The van der Waals surface area contributed by atoms with E-state index in [0.717, 1.165) is 23.1 Å². The van der Waals surface area contributed by atoms with Gasteiger partial charge in [0.1, 0.15) is 4.32 Å². The summed E-state index contributed by atoms with van der Waals surface area (Å²) in [5, 5.41) is 2.79. The molecule has 1 saturated heterocycles. The molecule has 86 valence electrons. The number of rotatable bonds is 1. The molecule has 17 heavy (non-hydrogen) atoms. The summed E-state index contributed by atoms with van der Waals surface area (Å²) in [5.41, 5.74) is 1.37. The van der Waals surface area contributed by atoms with Gasteiger partial charge in [0.25, 0.3) is 0 Å². The lowest BCUT2D eigenvalue weighted by molar-refractivity contribution is -0.107. The second-order valence-electron chi connectivity index (χ2n) is 3.47. The van der Waals surface area contributed by atoms with Crippen molar-refractivity contribution in [1.29, 1.82) is 0 Å². The molecule has 1 N–H and O–H groups in total. The fraction of sp³-hybridized carbons (Fsp3) is 0.0909. The van der Waals surface area contributed by atoms with Gasteiger partial charge in [0, 0.05) is 0 Å². The lowest BCUT2D eigenvalue weighted by Gasteiger charge is -1.99. The molecule has 1 aromatic carbocycles. The average molecular weight is 265 g/mol. The number of ether oxygens (including phenoxy) is 2. The summed E-state index contributed by atoms with van der Waals surface area (Å²) in [6.07, 6.45) is 1.75. The molecule has 0 atom stereocenters. The average Bonchev–Trinajstić information content (AvgIpc) is 2.85. The molecular weight excluding hydrogens is 258 g/mol. The Morgan fingerprint density at radius 3 is 2.94 bits per heavy atom. The zero-order chi connectivity index (χ0) is 11.8. The maximum Gasteiger partial charge on any atom is 0.242 e. The van der Waals surface area contributed by atoms with Crippen molar-refractivity contribution in [2.24, 2.45) is 0 Å². The molecule has 0 amide bonds. The number of carbonyl (C=O) groups excluding carboxylic acids is 1. The fourth-order valence-corrected chi connectivity index (χ4v) is 2.48. The molecule has 2 aliphatic heterocycles. The standard InChI is InChI=1S/C11H7NO3S2/c13-10-7(12-11(16)17-10)3-6-1-2-8-9(4-6)15-5-14-8/h1-4H,5H2,(H,12,16). The number of hydrogen-bond donors (Lipinski definition) is 1. The first-order valence-electron chi connectivity index (χ1n) is 4.87. The summed E-state index contributed by atoms with van der Waals surface area (Å²) in [5.74, 6) is 1.42. The summed E-state index contributed by atoms with van der Waals surface area (Å²) < 4.78 is 11.0. The van der Waals surface area contributed by atoms with Crippen LogP contribution in [0, 0.1) is 0 Å². The predicted molar refractivity (Wildman–Crippen MR) is 68.9 cm³/mol. The second-order valence-corrected chi connectivity index (χ2v) is 5.12. The molecule has 0 bridgehead atoms. The van der Waals surface area contributed by atoms with Gasteiger partial charge < -0.3 is 14.8 Å². The minimum absolute atomic E-state index is 0.0623. The zero-order valence-electron chi connectivity index (χ0n) is 8.56. The van der Waals surface area contributed by atoms with Gasteiger partial charge in [-0.1, -0.05) is 18.3 Å². The number of nitrogens with one attached hydrogen (secondary N) is 1. The smallest absolute Gasteiger partial charge is 0.242 e. The molecule has 0 radical (unpaired) electrons. The molecule has 0 aromatic heterocycles. The van der Waals surface area contributed by atoms with Crippen molar-refractivity contribution in [3.05, 3.63) is 29.5 Å². The van der Waals surface area contributed by atoms with Crippen molar-refractivity contribution in [2.45, 2.75) is 0 Å². The Balaban J connectivity index is 1.93. The molecule has 0 aliphatic carbocycles. The minimum Gasteiger partial charge on any atom is -0.454 e. The Bertz CT molecular complexity index is 554. The van der Waals surface area contributed by atoms with E-state index in [0.29, 0.717) is 15.8 Å². The van der Waals surface area contributed by atoms with Crippen LogP contribution in [-0.4, -0.2) is 16.2 Å². The monoisotopic (exact) mass is 265 g/mol. The van der Waals surface area contributed by atoms with E-state index in [1.807, 2.05) is 18.2 Å². The molecule has 1 aromatic rings. The Morgan fingerprint density at radius 2 is 2.18 bits per heavy atom. The van der Waals surface area contributed by atoms with Gasteiger partial charge >= 0.3 is 0 Å². The number of thiocarbonyl (C=S) groups is 1. The first-order valence-corrected chi connectivity index (χ1v) is 6.09. The van der Waals surface area contributed by atoms with Crippen molar-refractivity contribution >= 4 is 39.5 Å². The Morgan fingerprint density at radius 1 is 1.35 bits per heavy atom. The quantitative estimate of drug-likeness (QED) is 0.618. The fourth-order valence-electron chi connectivity index (χ4n) is 1.59. The van der Waals surface area contributed by atoms with Crippen LogP contribution in [0.2, 0.25) is 0 Å². The first-order chi connectivity index (χ1) is 8.22. The van der Waals surface area contributed by atoms with Crippen LogP contribution in [0.15, 0.2) is 23.9 Å². The van der Waals surface area contributed by atoms with E-state index in [2.05, 4.69) is 5.32 Å². The van der Waals surface area contributed by atoms with Gasteiger partial charge in [-0.3, -0.25) is 4.79 Å². The van der Waals surface area contributed by atoms with Gasteiger partial charge in [-0.15, -0.1) is 0 Å². The summed E-state index contributed by atoms with van der Waals surface area (Å²) in [6.45, 7) is 0.243. The van der Waals surface area contributed by atoms with Gasteiger partial charge in [-0.05, 0) is 35.5 Å². The van der Waals surface area contributed by atoms with Crippen LogP contribution in [-0.2, 0) is 4.79 Å². The molecule has 3 rings (SSSR count). The van der Waals surface area contributed by atoms with E-state index in [-0.39, 0.29) is 11.9 Å². The highest BCUT2D eigenvalue weighted by molar-refractivity contribution is 8.33. The summed E-state index contributed by atoms with van der Waals surface area (Å²) in [4.78, 5) is 11.5. The highest BCUT2D eigenvalue weighted by Gasteiger charge is 2.22. The largest absolute Gasteiger partial charge is 0.454 e. The molecule has 1 fully saturated rings. The van der Waals surface area contributed by atoms with E-state index < -0.39 is 0 Å². The Kier molecular flexibility index (Phi) is 2.53. The van der Waals surface area contributed by atoms with Gasteiger partial charge in [0.2, 0.25) is 11.9 Å². The van der Waals surface area contributed by atoms with Crippen LogP contribution in [0.5, 0.6) is 11.5 Å². The number of thioether (sulfide) groups is 1. The molecule has 4 nitrogen and oxygen atoms in total. The molecule has 2 heterocycles. The Hall–Kier alpha value is -1.53. The molecular formula is C11H7NO3S2. The minimum atomic E-state index is -0.0623. The highest BCUT2D eigenvalue weighted by Crippen LogP contribution is 2.33. The van der Waals surface area contributed by atoms with Crippen molar-refractivity contribution in [3.63, 3.8) is 0 Å². The van der Waals surface area contributed by atoms with Gasteiger partial charge in [0.15, 0.2) is 11.5 Å². The second kappa shape index (κ2) is 4.05. The third-order valence-corrected chi connectivity index (χ3v) is 3.39. The molecule has 6 heteroatoms. The van der Waals surface area contributed by atoms with Crippen molar-refractivity contribution in [1.82, 2.24) is 5.32 Å². The van der Waals surface area contributed by atoms with Crippen molar-refractivity contribution in [2.75, 3.05) is 6.79 Å². The Labute approximate surface area is 107 Å². The van der Waals surface area contributed by atoms with Crippen molar-refractivity contribution < 1.29 is 14.3 Å². The van der Waals surface area contributed by atoms with E-state index in [1.54, 1.807) is 6.08 Å². The van der Waals surface area contributed by atoms with E-state index in [9.17, 15) is 4.79 Å². The third kappa shape index (κ3) is 2.01. The van der Waals surface area contributed by atoms with Crippen LogP contribution in [0.1, 0.15) is 5.56 Å². The van der Waals surface area contributed by atoms with Crippen LogP contribution in [0.3, 0.4) is 0 Å². The summed E-state index contributed by atoms with van der Waals surface area (Å²) >= 11 is 5.94. The van der Waals surface area contributed by atoms with Crippen LogP contribution in [0.4, 0.5) is 0 Å². The SMILES string of the molecule is O=C1SC(=S)NC1=Cc1ccc2c(c1)OCO2. The van der Waals surface area contributed by atoms with Crippen LogP contribution in [0.25, 0.3) is 6.08 Å².